The minimum Gasteiger partial charge on any atom is -0.375 e. The van der Waals surface area contributed by atoms with Gasteiger partial charge in [0.25, 0.3) is 0 Å². The first-order valence-electron chi connectivity index (χ1n) is 5.72. The van der Waals surface area contributed by atoms with Crippen molar-refractivity contribution in [3.05, 3.63) is 29.8 Å². The van der Waals surface area contributed by atoms with Crippen LogP contribution in [0.3, 0.4) is 0 Å². The maximum Gasteiger partial charge on any atom is 0.0366 e. The summed E-state index contributed by atoms with van der Waals surface area (Å²) in [7, 11) is 4.15. The lowest BCUT2D eigenvalue weighted by molar-refractivity contribution is 0.713. The van der Waals surface area contributed by atoms with E-state index in [1.54, 1.807) is 0 Å². The smallest absolute Gasteiger partial charge is 0.0366 e. The molecule has 2 heteroatoms. The maximum absolute atomic E-state index is 3.17. The van der Waals surface area contributed by atoms with Gasteiger partial charge in [0.1, 0.15) is 0 Å². The number of rotatable bonds is 6. The van der Waals surface area contributed by atoms with E-state index >= 15 is 0 Å². The molecule has 15 heavy (non-hydrogen) atoms. The average Bonchev–Trinajstić information content (AvgIpc) is 2.29. The largest absolute Gasteiger partial charge is 0.375 e. The van der Waals surface area contributed by atoms with Gasteiger partial charge >= 0.3 is 0 Å². The van der Waals surface area contributed by atoms with Gasteiger partial charge in [-0.3, -0.25) is 0 Å². The highest BCUT2D eigenvalue weighted by Crippen LogP contribution is 2.15. The van der Waals surface area contributed by atoms with E-state index in [-0.39, 0.29) is 0 Å². The molecule has 0 spiro atoms. The van der Waals surface area contributed by atoms with Gasteiger partial charge in [-0.15, -0.1) is 0 Å². The number of nitrogens with zero attached hydrogens (tertiary/aromatic N) is 1. The first-order valence-corrected chi connectivity index (χ1v) is 5.72. The molecule has 1 aromatic rings. The van der Waals surface area contributed by atoms with Crippen molar-refractivity contribution in [3.8, 4) is 0 Å². The average molecular weight is 206 g/mol. The quantitative estimate of drug-likeness (QED) is 0.718. The molecule has 0 fully saturated rings. The van der Waals surface area contributed by atoms with Crippen molar-refractivity contribution in [1.82, 2.24) is 5.32 Å². The zero-order chi connectivity index (χ0) is 11.1. The fourth-order valence-electron chi connectivity index (χ4n) is 1.64. The molecule has 0 radical (unpaired) electrons. The first kappa shape index (κ1) is 12.1. The standard InChI is InChI=1S/C13H22N2/c1-4-12-7-5-8-13(11-12)15(3)10-6-9-14-2/h5,7-8,11,14H,4,6,9-10H2,1-3H3. The number of aryl methyl sites for hydroxylation is 1. The van der Waals surface area contributed by atoms with E-state index < -0.39 is 0 Å². The number of benzene rings is 1. The summed E-state index contributed by atoms with van der Waals surface area (Å²) in [4.78, 5) is 2.32. The second kappa shape index (κ2) is 6.46. The molecular formula is C13H22N2. The second-order valence-electron chi connectivity index (χ2n) is 3.90. The van der Waals surface area contributed by atoms with Crippen molar-refractivity contribution in [3.63, 3.8) is 0 Å². The van der Waals surface area contributed by atoms with Crippen LogP contribution in [0.2, 0.25) is 0 Å². The third-order valence-electron chi connectivity index (χ3n) is 2.68. The van der Waals surface area contributed by atoms with Gasteiger partial charge in [0, 0.05) is 19.3 Å². The van der Waals surface area contributed by atoms with Crippen LogP contribution in [0, 0.1) is 0 Å². The van der Waals surface area contributed by atoms with Gasteiger partial charge in [-0.1, -0.05) is 19.1 Å². The van der Waals surface area contributed by atoms with Crippen LogP contribution in [0.15, 0.2) is 24.3 Å². The van der Waals surface area contributed by atoms with Gasteiger partial charge in [0.05, 0.1) is 0 Å². The van der Waals surface area contributed by atoms with Gasteiger partial charge in [0.15, 0.2) is 0 Å². The SMILES string of the molecule is CCc1cccc(N(C)CCCNC)c1. The molecule has 1 aromatic carbocycles. The van der Waals surface area contributed by atoms with E-state index in [9.17, 15) is 0 Å². The molecule has 0 aliphatic rings. The van der Waals surface area contributed by atoms with Gasteiger partial charge < -0.3 is 10.2 Å². The molecule has 84 valence electrons. The van der Waals surface area contributed by atoms with E-state index in [1.165, 1.54) is 17.7 Å². The Kier molecular flexibility index (Phi) is 5.19. The van der Waals surface area contributed by atoms with Crippen molar-refractivity contribution < 1.29 is 0 Å². The Bertz CT molecular complexity index is 284. The lowest BCUT2D eigenvalue weighted by atomic mass is 10.1. The van der Waals surface area contributed by atoms with Crippen molar-refractivity contribution in [2.75, 3.05) is 32.1 Å². The van der Waals surface area contributed by atoms with E-state index in [0.29, 0.717) is 0 Å². The first-order chi connectivity index (χ1) is 7.27. The number of hydrogen-bond donors (Lipinski definition) is 1. The fraction of sp³-hybridized carbons (Fsp3) is 0.538. The summed E-state index contributed by atoms with van der Waals surface area (Å²) in [6.07, 6.45) is 2.29. The van der Waals surface area contributed by atoms with Crippen LogP contribution in [0.4, 0.5) is 5.69 Å². The van der Waals surface area contributed by atoms with E-state index in [0.717, 1.165) is 19.5 Å². The topological polar surface area (TPSA) is 15.3 Å². The summed E-state index contributed by atoms with van der Waals surface area (Å²) in [5.41, 5.74) is 2.73. The molecule has 0 unspecified atom stereocenters. The summed E-state index contributed by atoms with van der Waals surface area (Å²) in [5.74, 6) is 0. The Morgan fingerprint density at radius 3 is 2.80 bits per heavy atom. The lowest BCUT2D eigenvalue weighted by Crippen LogP contribution is -2.22. The van der Waals surface area contributed by atoms with E-state index in [1.807, 2.05) is 7.05 Å². The lowest BCUT2D eigenvalue weighted by Gasteiger charge is -2.19. The summed E-state index contributed by atoms with van der Waals surface area (Å²) in [6, 6.07) is 8.78. The summed E-state index contributed by atoms with van der Waals surface area (Å²) < 4.78 is 0. The molecule has 0 heterocycles. The van der Waals surface area contributed by atoms with Crippen LogP contribution in [-0.2, 0) is 6.42 Å². The van der Waals surface area contributed by atoms with Crippen LogP contribution in [0.1, 0.15) is 18.9 Å². The predicted molar refractivity (Wildman–Crippen MR) is 67.6 cm³/mol. The van der Waals surface area contributed by atoms with Crippen molar-refractivity contribution in [1.29, 1.82) is 0 Å². The molecule has 2 nitrogen and oxygen atoms in total. The monoisotopic (exact) mass is 206 g/mol. The van der Waals surface area contributed by atoms with Crippen LogP contribution in [0.5, 0.6) is 0 Å². The number of hydrogen-bond acceptors (Lipinski definition) is 2. The van der Waals surface area contributed by atoms with Gasteiger partial charge in [0.2, 0.25) is 0 Å². The van der Waals surface area contributed by atoms with Crippen molar-refractivity contribution in [2.45, 2.75) is 19.8 Å². The Balaban J connectivity index is 2.52. The van der Waals surface area contributed by atoms with Crippen molar-refractivity contribution in [2.24, 2.45) is 0 Å². The maximum atomic E-state index is 3.17. The van der Waals surface area contributed by atoms with Crippen molar-refractivity contribution >= 4 is 5.69 Å². The molecule has 0 atom stereocenters. The molecule has 1 rings (SSSR count). The zero-order valence-corrected chi connectivity index (χ0v) is 10.1. The van der Waals surface area contributed by atoms with Crippen LogP contribution >= 0.6 is 0 Å². The van der Waals surface area contributed by atoms with Crippen LogP contribution in [0.25, 0.3) is 0 Å². The highest BCUT2D eigenvalue weighted by molar-refractivity contribution is 5.47. The van der Waals surface area contributed by atoms with Gasteiger partial charge in [-0.05, 0) is 44.1 Å². The molecule has 0 aromatic heterocycles. The zero-order valence-electron chi connectivity index (χ0n) is 10.1. The Labute approximate surface area is 93.3 Å². The molecule has 0 aliphatic carbocycles. The minimum atomic E-state index is 1.08. The summed E-state index contributed by atoms with van der Waals surface area (Å²) >= 11 is 0. The highest BCUT2D eigenvalue weighted by Gasteiger charge is 2.00. The Morgan fingerprint density at radius 1 is 1.33 bits per heavy atom. The number of nitrogens with one attached hydrogen (secondary N) is 1. The van der Waals surface area contributed by atoms with Crippen LogP contribution < -0.4 is 10.2 Å². The minimum absolute atomic E-state index is 1.08. The molecule has 0 saturated carbocycles. The van der Waals surface area contributed by atoms with E-state index in [4.69, 9.17) is 0 Å². The van der Waals surface area contributed by atoms with Gasteiger partial charge in [-0.2, -0.15) is 0 Å². The fourth-order valence-corrected chi connectivity index (χ4v) is 1.64. The molecule has 0 bridgehead atoms. The summed E-state index contributed by atoms with van der Waals surface area (Å²) in [5, 5.41) is 3.17. The highest BCUT2D eigenvalue weighted by atomic mass is 15.1. The van der Waals surface area contributed by atoms with E-state index in [2.05, 4.69) is 48.5 Å². The molecule has 0 amide bonds. The Morgan fingerprint density at radius 2 is 2.13 bits per heavy atom. The normalized spacial score (nSPS) is 10.3. The van der Waals surface area contributed by atoms with Gasteiger partial charge in [-0.25, -0.2) is 0 Å². The molecule has 0 saturated heterocycles. The predicted octanol–water partition coefficient (Wildman–Crippen LogP) is 2.29. The third kappa shape index (κ3) is 3.92. The molecule has 1 N–H and O–H groups in total. The third-order valence-corrected chi connectivity index (χ3v) is 2.68. The molecular weight excluding hydrogens is 184 g/mol. The second-order valence-corrected chi connectivity index (χ2v) is 3.90. The molecule has 0 aliphatic heterocycles. The van der Waals surface area contributed by atoms with Crippen LogP contribution in [-0.4, -0.2) is 27.2 Å². The number of anilines is 1. The summed E-state index contributed by atoms with van der Waals surface area (Å²) in [6.45, 7) is 4.38. The Hall–Kier alpha value is -1.02.